The van der Waals surface area contributed by atoms with Gasteiger partial charge in [0.25, 0.3) is 11.6 Å². The second kappa shape index (κ2) is 8.47. The Morgan fingerprint density at radius 1 is 1.33 bits per heavy atom. The third-order valence-electron chi connectivity index (χ3n) is 4.37. The van der Waals surface area contributed by atoms with Crippen molar-refractivity contribution in [1.82, 2.24) is 4.90 Å². The number of nitrogens with two attached hydrogens (primary N) is 1. The van der Waals surface area contributed by atoms with Crippen LogP contribution in [0.3, 0.4) is 0 Å². The minimum absolute atomic E-state index is 0.0369. The molecule has 1 saturated heterocycles. The number of piperidine rings is 1. The van der Waals surface area contributed by atoms with Crippen molar-refractivity contribution >= 4 is 29.2 Å². The molecule has 0 spiro atoms. The third kappa shape index (κ3) is 4.72. The van der Waals surface area contributed by atoms with Crippen LogP contribution in [0.2, 0.25) is 0 Å². The van der Waals surface area contributed by atoms with Crippen LogP contribution in [-0.4, -0.2) is 60.9 Å². The first-order chi connectivity index (χ1) is 12.7. The predicted octanol–water partition coefficient (Wildman–Crippen LogP) is 0.684. The van der Waals surface area contributed by atoms with Gasteiger partial charge >= 0.3 is 5.97 Å². The molecule has 10 nitrogen and oxygen atoms in total. The number of anilines is 1. The summed E-state index contributed by atoms with van der Waals surface area (Å²) in [7, 11) is 3.29. The van der Waals surface area contributed by atoms with E-state index in [0.29, 0.717) is 18.7 Å². The summed E-state index contributed by atoms with van der Waals surface area (Å²) in [4.78, 5) is 49.4. The van der Waals surface area contributed by atoms with Crippen LogP contribution in [0.4, 0.5) is 11.4 Å². The fourth-order valence-electron chi connectivity index (χ4n) is 2.99. The van der Waals surface area contributed by atoms with Gasteiger partial charge in [0.15, 0.2) is 6.61 Å². The maximum atomic E-state index is 12.3. The quantitative estimate of drug-likeness (QED) is 0.437. The van der Waals surface area contributed by atoms with Gasteiger partial charge in [0, 0.05) is 26.7 Å². The summed E-state index contributed by atoms with van der Waals surface area (Å²) in [5.41, 5.74) is 5.37. The molecule has 0 radical (unpaired) electrons. The maximum Gasteiger partial charge on any atom is 0.338 e. The highest BCUT2D eigenvalue weighted by molar-refractivity contribution is 5.93. The lowest BCUT2D eigenvalue weighted by molar-refractivity contribution is -0.384. The molecule has 0 aliphatic carbocycles. The van der Waals surface area contributed by atoms with Crippen LogP contribution < -0.4 is 10.6 Å². The van der Waals surface area contributed by atoms with Gasteiger partial charge in [0.05, 0.1) is 10.5 Å². The summed E-state index contributed by atoms with van der Waals surface area (Å²) >= 11 is 0. The minimum atomic E-state index is -0.857. The normalized spacial score (nSPS) is 16.5. The number of ether oxygens (including phenoxy) is 1. The Bertz CT molecular complexity index is 764. The van der Waals surface area contributed by atoms with Crippen LogP contribution in [0.25, 0.3) is 0 Å². The van der Waals surface area contributed by atoms with Crippen molar-refractivity contribution in [3.05, 3.63) is 33.9 Å². The molecule has 1 heterocycles. The molecule has 2 amide bonds. The van der Waals surface area contributed by atoms with Gasteiger partial charge in [-0.15, -0.1) is 0 Å². The van der Waals surface area contributed by atoms with Crippen LogP contribution in [0.15, 0.2) is 18.2 Å². The van der Waals surface area contributed by atoms with Gasteiger partial charge in [0.1, 0.15) is 11.7 Å². The highest BCUT2D eigenvalue weighted by Crippen LogP contribution is 2.28. The summed E-state index contributed by atoms with van der Waals surface area (Å²) < 4.78 is 4.99. The number of hydrogen-bond donors (Lipinski definition) is 1. The molecule has 0 aromatic heterocycles. The Hall–Kier alpha value is -3.17. The van der Waals surface area contributed by atoms with Crippen molar-refractivity contribution in [2.45, 2.75) is 25.3 Å². The summed E-state index contributed by atoms with van der Waals surface area (Å²) in [6.07, 6.45) is 2.01. The molecule has 146 valence electrons. The maximum absolute atomic E-state index is 12.3. The van der Waals surface area contributed by atoms with Gasteiger partial charge in [-0.25, -0.2) is 4.79 Å². The van der Waals surface area contributed by atoms with E-state index in [2.05, 4.69) is 0 Å². The van der Waals surface area contributed by atoms with Gasteiger partial charge < -0.3 is 20.3 Å². The van der Waals surface area contributed by atoms with E-state index in [1.165, 1.54) is 17.0 Å². The summed E-state index contributed by atoms with van der Waals surface area (Å²) in [5.74, 6) is -1.97. The first-order valence-electron chi connectivity index (χ1n) is 8.44. The molecular weight excluding hydrogens is 356 g/mol. The number of hydrogen-bond acceptors (Lipinski definition) is 7. The molecule has 1 aliphatic heterocycles. The molecule has 1 fully saturated rings. The van der Waals surface area contributed by atoms with Gasteiger partial charge in [0.2, 0.25) is 5.91 Å². The Kier molecular flexibility index (Phi) is 6.32. The van der Waals surface area contributed by atoms with E-state index in [-0.39, 0.29) is 11.3 Å². The standard InChI is InChI=1S/C17H22N4O6/c1-19(2)12-7-6-11(9-14(12)21(25)26)17(24)27-10-15(22)20-8-4-3-5-13(20)16(18)23/h6-7,9,13H,3-5,8,10H2,1-2H3,(H2,18,23)/t13-/m1/s1. The fourth-order valence-corrected chi connectivity index (χ4v) is 2.99. The number of esters is 1. The van der Waals surface area contributed by atoms with E-state index >= 15 is 0 Å². The molecule has 1 aromatic rings. The number of nitro groups is 1. The van der Waals surface area contributed by atoms with Crippen LogP contribution in [0.5, 0.6) is 0 Å². The number of rotatable bonds is 6. The van der Waals surface area contributed by atoms with Crippen molar-refractivity contribution in [2.75, 3.05) is 32.1 Å². The van der Waals surface area contributed by atoms with Crippen LogP contribution in [0, 0.1) is 10.1 Å². The lowest BCUT2D eigenvalue weighted by Gasteiger charge is -2.33. The van der Waals surface area contributed by atoms with Crippen molar-refractivity contribution in [3.63, 3.8) is 0 Å². The van der Waals surface area contributed by atoms with E-state index in [1.54, 1.807) is 19.0 Å². The molecular formula is C17H22N4O6. The zero-order chi connectivity index (χ0) is 20.1. The van der Waals surface area contributed by atoms with Gasteiger partial charge in [-0.3, -0.25) is 19.7 Å². The van der Waals surface area contributed by atoms with E-state index < -0.39 is 35.4 Å². The number of nitro benzene ring substituents is 1. The van der Waals surface area contributed by atoms with Gasteiger partial charge in [-0.2, -0.15) is 0 Å². The molecule has 2 N–H and O–H groups in total. The second-order valence-electron chi connectivity index (χ2n) is 6.43. The third-order valence-corrected chi connectivity index (χ3v) is 4.37. The SMILES string of the molecule is CN(C)c1ccc(C(=O)OCC(=O)N2CCCC[C@@H]2C(N)=O)cc1[N+](=O)[O-]. The van der Waals surface area contributed by atoms with Crippen molar-refractivity contribution in [3.8, 4) is 0 Å². The smallest absolute Gasteiger partial charge is 0.338 e. The van der Waals surface area contributed by atoms with E-state index in [4.69, 9.17) is 10.5 Å². The first kappa shape index (κ1) is 20.1. The topological polar surface area (TPSA) is 136 Å². The van der Waals surface area contributed by atoms with Gasteiger partial charge in [-0.05, 0) is 31.4 Å². The summed E-state index contributed by atoms with van der Waals surface area (Å²) in [6.45, 7) is -0.196. The van der Waals surface area contributed by atoms with Gasteiger partial charge in [-0.1, -0.05) is 0 Å². The number of likely N-dealkylation sites (tertiary alicyclic amines) is 1. The largest absolute Gasteiger partial charge is 0.452 e. The fraction of sp³-hybridized carbons (Fsp3) is 0.471. The Labute approximate surface area is 156 Å². The highest BCUT2D eigenvalue weighted by Gasteiger charge is 2.31. The van der Waals surface area contributed by atoms with Crippen molar-refractivity contribution in [1.29, 1.82) is 0 Å². The zero-order valence-electron chi connectivity index (χ0n) is 15.2. The highest BCUT2D eigenvalue weighted by atomic mass is 16.6. The second-order valence-corrected chi connectivity index (χ2v) is 6.43. The Morgan fingerprint density at radius 3 is 2.63 bits per heavy atom. The molecule has 10 heteroatoms. The molecule has 27 heavy (non-hydrogen) atoms. The molecule has 0 unspecified atom stereocenters. The summed E-state index contributed by atoms with van der Waals surface area (Å²) in [5, 5.41) is 11.2. The van der Waals surface area contributed by atoms with Crippen LogP contribution in [0.1, 0.15) is 29.6 Å². The predicted molar refractivity (Wildman–Crippen MR) is 96.3 cm³/mol. The van der Waals surface area contributed by atoms with Crippen LogP contribution >= 0.6 is 0 Å². The van der Waals surface area contributed by atoms with E-state index in [9.17, 15) is 24.5 Å². The summed E-state index contributed by atoms with van der Waals surface area (Å²) in [6, 6.07) is 3.23. The Morgan fingerprint density at radius 2 is 2.04 bits per heavy atom. The minimum Gasteiger partial charge on any atom is -0.452 e. The molecule has 1 aromatic carbocycles. The number of carbonyl (C=O) groups is 3. The van der Waals surface area contributed by atoms with Crippen molar-refractivity contribution in [2.24, 2.45) is 5.73 Å². The molecule has 1 atom stereocenters. The number of primary amides is 1. The first-order valence-corrected chi connectivity index (χ1v) is 8.44. The molecule has 2 rings (SSSR count). The zero-order valence-corrected chi connectivity index (χ0v) is 15.2. The number of carbonyl (C=O) groups excluding carboxylic acids is 3. The monoisotopic (exact) mass is 378 g/mol. The van der Waals surface area contributed by atoms with E-state index in [0.717, 1.165) is 18.9 Å². The van der Waals surface area contributed by atoms with E-state index in [1.807, 2.05) is 0 Å². The molecule has 0 bridgehead atoms. The average Bonchev–Trinajstić information content (AvgIpc) is 2.65. The molecule has 0 saturated carbocycles. The van der Waals surface area contributed by atoms with Crippen LogP contribution in [-0.2, 0) is 14.3 Å². The van der Waals surface area contributed by atoms with Crippen molar-refractivity contribution < 1.29 is 24.0 Å². The Balaban J connectivity index is 2.07. The number of benzene rings is 1. The lowest BCUT2D eigenvalue weighted by Crippen LogP contribution is -2.51. The lowest BCUT2D eigenvalue weighted by atomic mass is 10.0. The number of amides is 2. The average molecular weight is 378 g/mol. The molecule has 1 aliphatic rings. The number of nitrogens with zero attached hydrogens (tertiary/aromatic N) is 3.